The molecule has 152 valence electrons. The minimum atomic E-state index is -0.180. The molecule has 8 nitrogen and oxygen atoms in total. The van der Waals surface area contributed by atoms with Crippen LogP contribution in [0.4, 0.5) is 10.1 Å². The van der Waals surface area contributed by atoms with E-state index >= 15 is 0 Å². The Labute approximate surface area is 165 Å². The van der Waals surface area contributed by atoms with E-state index in [0.29, 0.717) is 25.4 Å². The number of rotatable bonds is 6. The van der Waals surface area contributed by atoms with Crippen LogP contribution in [-0.2, 0) is 18.3 Å². The monoisotopic (exact) mass is 389 g/mol. The quantitative estimate of drug-likeness (QED) is 0.455. The first-order valence-corrected chi connectivity index (χ1v) is 9.46. The molecule has 1 aromatic carbocycles. The molecule has 0 atom stereocenters. The molecule has 2 aromatic rings. The molecule has 28 heavy (non-hydrogen) atoms. The van der Waals surface area contributed by atoms with Crippen molar-refractivity contribution in [3.8, 4) is 0 Å². The summed E-state index contributed by atoms with van der Waals surface area (Å²) in [6, 6.07) is 6.91. The van der Waals surface area contributed by atoms with Gasteiger partial charge in [0.1, 0.15) is 18.2 Å². The summed E-state index contributed by atoms with van der Waals surface area (Å²) in [7, 11) is 3.61. The number of nitrogens with zero attached hydrogens (tertiary/aromatic N) is 6. The fourth-order valence-electron chi connectivity index (χ4n) is 3.13. The zero-order valence-electron chi connectivity index (χ0n) is 16.7. The van der Waals surface area contributed by atoms with Gasteiger partial charge in [0.2, 0.25) is 0 Å². The van der Waals surface area contributed by atoms with Crippen molar-refractivity contribution in [1.82, 2.24) is 25.0 Å². The fraction of sp³-hybridized carbons (Fsp3) is 0.526. The van der Waals surface area contributed by atoms with Crippen LogP contribution in [0.1, 0.15) is 11.6 Å². The van der Waals surface area contributed by atoms with Gasteiger partial charge in [0.15, 0.2) is 11.8 Å². The van der Waals surface area contributed by atoms with Crippen LogP contribution < -0.4 is 10.2 Å². The lowest BCUT2D eigenvalue weighted by Crippen LogP contribution is -2.53. The zero-order chi connectivity index (χ0) is 19.9. The number of nitrogens with one attached hydrogen (secondary N) is 1. The Morgan fingerprint density at radius 1 is 1.21 bits per heavy atom. The lowest BCUT2D eigenvalue weighted by molar-refractivity contribution is 0.202. The standard InChI is InChI=1S/C19H28FN7O/c1-15-23-24-18(25(15)2)14-22-19(21-8-13-28-3)27-11-9-26(10-12-27)17-7-5-4-6-16(17)20/h4-7H,8-14H2,1-3H3,(H,21,22). The average molecular weight is 389 g/mol. The summed E-state index contributed by atoms with van der Waals surface area (Å²) in [5, 5.41) is 11.6. The van der Waals surface area contributed by atoms with E-state index in [0.717, 1.165) is 43.8 Å². The second-order valence-electron chi connectivity index (χ2n) is 6.71. The van der Waals surface area contributed by atoms with Gasteiger partial charge in [-0.3, -0.25) is 0 Å². The number of aliphatic imine (C=N–C) groups is 1. The van der Waals surface area contributed by atoms with Crippen LogP contribution in [0.3, 0.4) is 0 Å². The molecule has 3 rings (SSSR count). The molecule has 1 fully saturated rings. The maximum atomic E-state index is 14.1. The highest BCUT2D eigenvalue weighted by molar-refractivity contribution is 5.80. The van der Waals surface area contributed by atoms with Gasteiger partial charge in [-0.25, -0.2) is 9.38 Å². The summed E-state index contributed by atoms with van der Waals surface area (Å²) < 4.78 is 21.1. The van der Waals surface area contributed by atoms with Crippen molar-refractivity contribution in [2.24, 2.45) is 12.0 Å². The Balaban J connectivity index is 1.66. The molecular weight excluding hydrogens is 361 g/mol. The summed E-state index contributed by atoms with van der Waals surface area (Å²) in [5.74, 6) is 2.30. The maximum Gasteiger partial charge on any atom is 0.194 e. The number of aryl methyl sites for hydroxylation is 1. The van der Waals surface area contributed by atoms with Crippen molar-refractivity contribution < 1.29 is 9.13 Å². The number of piperazine rings is 1. The van der Waals surface area contributed by atoms with E-state index in [9.17, 15) is 4.39 Å². The van der Waals surface area contributed by atoms with E-state index in [4.69, 9.17) is 9.73 Å². The van der Waals surface area contributed by atoms with Gasteiger partial charge < -0.3 is 24.4 Å². The normalized spacial score (nSPS) is 15.2. The van der Waals surface area contributed by atoms with Gasteiger partial charge in [-0.1, -0.05) is 12.1 Å². The lowest BCUT2D eigenvalue weighted by atomic mass is 10.2. The van der Waals surface area contributed by atoms with E-state index < -0.39 is 0 Å². The summed E-state index contributed by atoms with van der Waals surface area (Å²) in [5.41, 5.74) is 0.655. The lowest BCUT2D eigenvalue weighted by Gasteiger charge is -2.37. The van der Waals surface area contributed by atoms with Crippen molar-refractivity contribution in [2.45, 2.75) is 13.5 Å². The highest BCUT2D eigenvalue weighted by Crippen LogP contribution is 2.20. The number of anilines is 1. The number of ether oxygens (including phenoxy) is 1. The summed E-state index contributed by atoms with van der Waals surface area (Å²) in [6.07, 6.45) is 0. The van der Waals surface area contributed by atoms with Gasteiger partial charge in [-0.2, -0.15) is 0 Å². The number of guanidine groups is 1. The van der Waals surface area contributed by atoms with Gasteiger partial charge in [-0.05, 0) is 19.1 Å². The van der Waals surface area contributed by atoms with E-state index in [1.54, 1.807) is 13.2 Å². The minimum absolute atomic E-state index is 0.180. The number of aromatic nitrogens is 3. The van der Waals surface area contributed by atoms with Crippen LogP contribution in [0.25, 0.3) is 0 Å². The fourth-order valence-corrected chi connectivity index (χ4v) is 3.13. The Hall–Kier alpha value is -2.68. The summed E-state index contributed by atoms with van der Waals surface area (Å²) in [6.45, 7) is 6.60. The first-order valence-electron chi connectivity index (χ1n) is 9.46. The molecule has 0 aliphatic carbocycles. The number of hydrogen-bond acceptors (Lipinski definition) is 5. The molecule has 0 amide bonds. The Morgan fingerprint density at radius 3 is 2.61 bits per heavy atom. The van der Waals surface area contributed by atoms with Crippen molar-refractivity contribution in [3.05, 3.63) is 41.7 Å². The second-order valence-corrected chi connectivity index (χ2v) is 6.71. The topological polar surface area (TPSA) is 70.8 Å². The molecule has 1 N–H and O–H groups in total. The number of para-hydroxylation sites is 1. The van der Waals surface area contributed by atoms with Gasteiger partial charge in [0.05, 0.1) is 12.3 Å². The number of halogens is 1. The van der Waals surface area contributed by atoms with Crippen LogP contribution in [0.5, 0.6) is 0 Å². The van der Waals surface area contributed by atoms with Crippen LogP contribution in [0.2, 0.25) is 0 Å². The Bertz CT molecular complexity index is 799. The first kappa shape index (κ1) is 20.1. The third kappa shape index (κ3) is 4.78. The molecule has 1 saturated heterocycles. The SMILES string of the molecule is COCCNC(=NCc1nnc(C)n1C)N1CCN(c2ccccc2F)CC1. The van der Waals surface area contributed by atoms with Gasteiger partial charge in [-0.15, -0.1) is 10.2 Å². The number of methoxy groups -OCH3 is 1. The highest BCUT2D eigenvalue weighted by atomic mass is 19.1. The third-order valence-corrected chi connectivity index (χ3v) is 4.91. The molecule has 1 aliphatic heterocycles. The molecule has 0 unspecified atom stereocenters. The molecule has 0 spiro atoms. The molecule has 0 bridgehead atoms. The smallest absolute Gasteiger partial charge is 0.194 e. The molecule has 1 aliphatic rings. The zero-order valence-corrected chi connectivity index (χ0v) is 16.7. The van der Waals surface area contributed by atoms with Crippen molar-refractivity contribution >= 4 is 11.6 Å². The number of hydrogen-bond donors (Lipinski definition) is 1. The highest BCUT2D eigenvalue weighted by Gasteiger charge is 2.21. The van der Waals surface area contributed by atoms with Gasteiger partial charge in [0.25, 0.3) is 0 Å². The predicted octanol–water partition coefficient (Wildman–Crippen LogP) is 1.18. The predicted molar refractivity (Wildman–Crippen MR) is 107 cm³/mol. The maximum absolute atomic E-state index is 14.1. The van der Waals surface area contributed by atoms with E-state index in [1.165, 1.54) is 6.07 Å². The van der Waals surface area contributed by atoms with Gasteiger partial charge >= 0.3 is 0 Å². The number of benzene rings is 1. The van der Waals surface area contributed by atoms with E-state index in [1.807, 2.05) is 30.7 Å². The van der Waals surface area contributed by atoms with Crippen LogP contribution in [-0.4, -0.2) is 72.1 Å². The van der Waals surface area contributed by atoms with Crippen LogP contribution in [0.15, 0.2) is 29.3 Å². The van der Waals surface area contributed by atoms with E-state index in [-0.39, 0.29) is 5.82 Å². The van der Waals surface area contributed by atoms with Crippen molar-refractivity contribution in [1.29, 1.82) is 0 Å². The molecule has 0 radical (unpaired) electrons. The first-order chi connectivity index (χ1) is 13.6. The second kappa shape index (κ2) is 9.50. The van der Waals surface area contributed by atoms with Crippen molar-refractivity contribution in [3.63, 3.8) is 0 Å². The molecule has 1 aromatic heterocycles. The third-order valence-electron chi connectivity index (χ3n) is 4.91. The van der Waals surface area contributed by atoms with Crippen LogP contribution >= 0.6 is 0 Å². The molecular formula is C19H28FN7O. The Morgan fingerprint density at radius 2 is 1.96 bits per heavy atom. The molecule has 9 heteroatoms. The Kier molecular flexibility index (Phi) is 6.80. The van der Waals surface area contributed by atoms with E-state index in [2.05, 4.69) is 25.3 Å². The van der Waals surface area contributed by atoms with Crippen LogP contribution in [0, 0.1) is 12.7 Å². The summed E-state index contributed by atoms with van der Waals surface area (Å²) >= 11 is 0. The van der Waals surface area contributed by atoms with Crippen molar-refractivity contribution in [2.75, 3.05) is 51.3 Å². The van der Waals surface area contributed by atoms with Gasteiger partial charge in [0, 0.05) is 46.9 Å². The average Bonchev–Trinajstić information content (AvgIpc) is 3.03. The minimum Gasteiger partial charge on any atom is -0.383 e. The summed E-state index contributed by atoms with van der Waals surface area (Å²) in [4.78, 5) is 9.00. The largest absolute Gasteiger partial charge is 0.383 e. The molecule has 2 heterocycles. The molecule has 0 saturated carbocycles.